The lowest BCUT2D eigenvalue weighted by Gasteiger charge is -2.19. The van der Waals surface area contributed by atoms with Crippen LogP contribution in [0, 0.1) is 5.41 Å². The average molecular weight is 563 g/mol. The van der Waals surface area contributed by atoms with Crippen LogP contribution in [-0.2, 0) is 28.1 Å². The lowest BCUT2D eigenvalue weighted by molar-refractivity contribution is -0.124. The van der Waals surface area contributed by atoms with E-state index in [1.807, 2.05) is 44.2 Å². The van der Waals surface area contributed by atoms with E-state index in [0.29, 0.717) is 17.7 Å². The number of hydrogen-bond acceptors (Lipinski definition) is 7. The van der Waals surface area contributed by atoms with Crippen LogP contribution in [-0.4, -0.2) is 33.4 Å². The van der Waals surface area contributed by atoms with Crippen molar-refractivity contribution >= 4 is 35.3 Å². The number of amidine groups is 1. The quantitative estimate of drug-likeness (QED) is 0.239. The molecule has 40 heavy (non-hydrogen) atoms. The summed E-state index contributed by atoms with van der Waals surface area (Å²) < 4.78 is 6.65. The zero-order valence-electron chi connectivity index (χ0n) is 22.3. The number of ether oxygens (including phenoxy) is 1. The summed E-state index contributed by atoms with van der Waals surface area (Å²) in [7, 11) is 0. The van der Waals surface area contributed by atoms with Crippen molar-refractivity contribution in [2.75, 3.05) is 5.32 Å². The van der Waals surface area contributed by atoms with Crippen LogP contribution in [0.4, 0.5) is 10.6 Å². The first-order chi connectivity index (χ1) is 19.1. The molecule has 10 nitrogen and oxygen atoms in total. The van der Waals surface area contributed by atoms with Crippen LogP contribution in [0.1, 0.15) is 61.5 Å². The van der Waals surface area contributed by atoms with Crippen molar-refractivity contribution in [1.29, 1.82) is 5.41 Å². The summed E-state index contributed by atoms with van der Waals surface area (Å²) in [6.07, 6.45) is 1.65. The van der Waals surface area contributed by atoms with Crippen LogP contribution >= 0.6 is 11.6 Å². The van der Waals surface area contributed by atoms with E-state index in [2.05, 4.69) is 20.9 Å². The highest BCUT2D eigenvalue weighted by atomic mass is 35.5. The van der Waals surface area contributed by atoms with Crippen molar-refractivity contribution in [2.45, 2.75) is 63.8 Å². The Hall–Kier alpha value is -4.18. The third-order valence-electron chi connectivity index (χ3n) is 7.09. The standard InChI is InChI=1S/C29H31ClN6O4/c1-29(2)14-21(36-22(29)23(30)34-25(27(36)38)33-20-12-13-20)26(37)32-15-17-8-10-19(11-9-17)24(31)35-28(39)40-16-18-6-4-3-5-7-18/h3-11,20-21H,12-16H2,1-2H3,(H,32,37)(H,33,34)(H2,31,35,39). The van der Waals surface area contributed by atoms with E-state index >= 15 is 0 Å². The van der Waals surface area contributed by atoms with E-state index in [1.54, 1.807) is 24.3 Å². The van der Waals surface area contributed by atoms with E-state index < -0.39 is 17.6 Å². The number of amides is 2. The molecule has 2 aliphatic rings. The predicted molar refractivity (Wildman–Crippen MR) is 152 cm³/mol. The Morgan fingerprint density at radius 3 is 2.48 bits per heavy atom. The molecule has 0 saturated heterocycles. The number of anilines is 1. The van der Waals surface area contributed by atoms with E-state index in [9.17, 15) is 14.4 Å². The third kappa shape index (κ3) is 6.02. The van der Waals surface area contributed by atoms with Crippen molar-refractivity contribution in [1.82, 2.24) is 20.2 Å². The number of aromatic nitrogens is 2. The second kappa shape index (κ2) is 11.1. The van der Waals surface area contributed by atoms with E-state index in [-0.39, 0.29) is 47.5 Å². The van der Waals surface area contributed by atoms with Gasteiger partial charge in [-0.2, -0.15) is 0 Å². The van der Waals surface area contributed by atoms with E-state index in [1.165, 1.54) is 4.57 Å². The van der Waals surface area contributed by atoms with Crippen LogP contribution in [0.25, 0.3) is 0 Å². The zero-order chi connectivity index (χ0) is 28.4. The lowest BCUT2D eigenvalue weighted by atomic mass is 9.87. The molecule has 1 unspecified atom stereocenters. The van der Waals surface area contributed by atoms with E-state index in [4.69, 9.17) is 21.7 Å². The van der Waals surface area contributed by atoms with Gasteiger partial charge in [0.15, 0.2) is 11.0 Å². The second-order valence-electron chi connectivity index (χ2n) is 10.8. The fraction of sp³-hybridized carbons (Fsp3) is 0.345. The van der Waals surface area contributed by atoms with Crippen LogP contribution < -0.4 is 21.5 Å². The normalized spacial score (nSPS) is 17.0. The Kier molecular flexibility index (Phi) is 7.62. The van der Waals surface area contributed by atoms with Gasteiger partial charge in [0, 0.05) is 23.6 Å². The maximum absolute atomic E-state index is 13.3. The number of alkyl carbamates (subject to hydrolysis) is 1. The second-order valence-corrected chi connectivity index (χ2v) is 11.1. The predicted octanol–water partition coefficient (Wildman–Crippen LogP) is 4.26. The average Bonchev–Trinajstić information content (AvgIpc) is 3.70. The summed E-state index contributed by atoms with van der Waals surface area (Å²) in [5.41, 5.74) is 1.86. The van der Waals surface area contributed by atoms with Crippen molar-refractivity contribution in [3.63, 3.8) is 0 Å². The Balaban J connectivity index is 1.19. The highest BCUT2D eigenvalue weighted by Crippen LogP contribution is 2.43. The van der Waals surface area contributed by atoms with Gasteiger partial charge in [0.25, 0.3) is 5.56 Å². The molecule has 11 heteroatoms. The number of halogens is 1. The smallest absolute Gasteiger partial charge is 0.413 e. The lowest BCUT2D eigenvalue weighted by Crippen LogP contribution is -2.36. The molecule has 2 aromatic carbocycles. The number of carbonyl (C=O) groups is 2. The first kappa shape index (κ1) is 27.4. The van der Waals surface area contributed by atoms with E-state index in [0.717, 1.165) is 24.0 Å². The number of fused-ring (bicyclic) bond motifs is 1. The fourth-order valence-electron chi connectivity index (χ4n) is 4.84. The molecule has 1 saturated carbocycles. The number of rotatable bonds is 8. The molecule has 2 heterocycles. The number of nitrogens with zero attached hydrogens (tertiary/aromatic N) is 2. The summed E-state index contributed by atoms with van der Waals surface area (Å²) in [5, 5.41) is 16.9. The van der Waals surface area contributed by atoms with Gasteiger partial charge >= 0.3 is 6.09 Å². The maximum atomic E-state index is 13.3. The molecule has 2 amide bonds. The number of hydrogen-bond donors (Lipinski definition) is 4. The van der Waals surface area contributed by atoms with Crippen LogP contribution in [0.2, 0.25) is 5.15 Å². The van der Waals surface area contributed by atoms with Gasteiger partial charge < -0.3 is 15.4 Å². The van der Waals surface area contributed by atoms with Gasteiger partial charge in [-0.3, -0.25) is 24.9 Å². The SMILES string of the molecule is CC1(C)CC(C(=O)NCc2ccc(C(=N)NC(=O)OCc3ccccc3)cc2)n2c1c(Cl)nc(NC1CC1)c2=O. The summed E-state index contributed by atoms with van der Waals surface area (Å²) in [6, 6.07) is 15.7. The van der Waals surface area contributed by atoms with Gasteiger partial charge in [-0.05, 0) is 30.4 Å². The molecule has 3 aromatic rings. The largest absolute Gasteiger partial charge is 0.444 e. The molecular weight excluding hydrogens is 532 g/mol. The monoisotopic (exact) mass is 562 g/mol. The summed E-state index contributed by atoms with van der Waals surface area (Å²) >= 11 is 6.50. The number of benzene rings is 2. The zero-order valence-corrected chi connectivity index (χ0v) is 23.0. The number of carbonyl (C=O) groups excluding carboxylic acids is 2. The highest BCUT2D eigenvalue weighted by Gasteiger charge is 2.44. The minimum Gasteiger partial charge on any atom is -0.444 e. The minimum absolute atomic E-state index is 0.0982. The molecular formula is C29H31ClN6O4. The Morgan fingerprint density at radius 1 is 1.10 bits per heavy atom. The minimum atomic E-state index is -0.717. The summed E-state index contributed by atoms with van der Waals surface area (Å²) in [6.45, 7) is 4.24. The number of nitrogens with one attached hydrogen (secondary N) is 4. The van der Waals surface area contributed by atoms with Gasteiger partial charge in [0.1, 0.15) is 18.5 Å². The molecule has 0 spiro atoms. The van der Waals surface area contributed by atoms with Gasteiger partial charge in [0.05, 0.1) is 5.69 Å². The highest BCUT2D eigenvalue weighted by molar-refractivity contribution is 6.30. The topological polar surface area (TPSA) is 138 Å². The first-order valence-corrected chi connectivity index (χ1v) is 13.5. The molecule has 1 aromatic heterocycles. The van der Waals surface area contributed by atoms with Crippen molar-refractivity contribution in [2.24, 2.45) is 0 Å². The van der Waals surface area contributed by atoms with Gasteiger partial charge in [0.2, 0.25) is 5.91 Å². The van der Waals surface area contributed by atoms with Crippen LogP contribution in [0.3, 0.4) is 0 Å². The first-order valence-electron chi connectivity index (χ1n) is 13.1. The molecule has 5 rings (SSSR count). The molecule has 1 aliphatic carbocycles. The van der Waals surface area contributed by atoms with Crippen molar-refractivity contribution in [3.8, 4) is 0 Å². The van der Waals surface area contributed by atoms with Crippen LogP contribution in [0.15, 0.2) is 59.4 Å². The maximum Gasteiger partial charge on any atom is 0.413 e. The molecule has 1 fully saturated rings. The molecule has 1 aliphatic heterocycles. The molecule has 1 atom stereocenters. The Labute approximate surface area is 236 Å². The molecule has 4 N–H and O–H groups in total. The van der Waals surface area contributed by atoms with Crippen molar-refractivity contribution < 1.29 is 14.3 Å². The third-order valence-corrected chi connectivity index (χ3v) is 7.36. The van der Waals surface area contributed by atoms with Gasteiger partial charge in [-0.1, -0.05) is 80.0 Å². The molecule has 0 bridgehead atoms. The van der Waals surface area contributed by atoms with Gasteiger partial charge in [-0.25, -0.2) is 9.78 Å². The Bertz CT molecular complexity index is 1500. The molecule has 0 radical (unpaired) electrons. The fourth-order valence-corrected chi connectivity index (χ4v) is 5.27. The summed E-state index contributed by atoms with van der Waals surface area (Å²) in [5.74, 6) is -0.200. The molecule has 208 valence electrons. The van der Waals surface area contributed by atoms with Crippen molar-refractivity contribution in [3.05, 3.63) is 92.5 Å². The summed E-state index contributed by atoms with van der Waals surface area (Å²) in [4.78, 5) is 42.9. The Morgan fingerprint density at radius 2 is 1.80 bits per heavy atom. The van der Waals surface area contributed by atoms with Crippen LogP contribution in [0.5, 0.6) is 0 Å². The van der Waals surface area contributed by atoms with Gasteiger partial charge in [-0.15, -0.1) is 0 Å².